The average Bonchev–Trinajstić information content (AvgIpc) is 3.33. The van der Waals surface area contributed by atoms with Crippen molar-refractivity contribution in [1.29, 1.82) is 0 Å². The maximum Gasteiger partial charge on any atom is 0.335 e. The van der Waals surface area contributed by atoms with E-state index in [9.17, 15) is 70.9 Å². The first kappa shape index (κ1) is 56.9. The fraction of sp³-hybridized carbons (Fsp3) is 0.885. The lowest BCUT2D eigenvalue weighted by atomic mass is 9.32. The van der Waals surface area contributed by atoms with Crippen LogP contribution in [-0.2, 0) is 42.7 Å². The number of carboxylic acids is 1. The van der Waals surface area contributed by atoms with E-state index < -0.39 is 175 Å². The number of carbonyl (C=O) groups excluding carboxylic acids is 1. The van der Waals surface area contributed by atoms with Crippen LogP contribution in [0.25, 0.3) is 0 Å². The Morgan fingerprint density at radius 3 is 2.01 bits per heavy atom. The summed E-state index contributed by atoms with van der Waals surface area (Å²) in [6, 6.07) is 0. The molecule has 7 fully saturated rings. The number of aliphatic hydroxyl groups excluding tert-OH is 11. The quantitative estimate of drug-likeness (QED) is 0.0551. The maximum atomic E-state index is 13.4. The van der Waals surface area contributed by atoms with Crippen molar-refractivity contribution in [3.63, 3.8) is 0 Å². The Hall–Kier alpha value is -2.26. The van der Waals surface area contributed by atoms with Crippen molar-refractivity contribution < 1.29 is 104 Å². The van der Waals surface area contributed by atoms with E-state index in [1.165, 1.54) is 0 Å². The highest BCUT2D eigenvalue weighted by Gasteiger charge is 2.75. The number of carbonyl (C=O) groups is 2. The molecule has 4 saturated carbocycles. The summed E-state index contributed by atoms with van der Waals surface area (Å²) in [5, 5.41) is 133. The largest absolute Gasteiger partial charge is 0.479 e. The van der Waals surface area contributed by atoms with Crippen LogP contribution < -0.4 is 0 Å². The lowest BCUT2D eigenvalue weighted by molar-refractivity contribution is -0.392. The number of carboxylic acid groups (broad SMARTS) is 1. The molecule has 25 atom stereocenters. The highest BCUT2D eigenvalue weighted by molar-refractivity contribution is 5.87. The third-order valence-electron chi connectivity index (χ3n) is 20.1. The van der Waals surface area contributed by atoms with Crippen molar-refractivity contribution in [3.8, 4) is 0 Å². The van der Waals surface area contributed by atoms with Gasteiger partial charge in [0.15, 0.2) is 25.0 Å². The summed E-state index contributed by atoms with van der Waals surface area (Å²) in [4.78, 5) is 26.2. The van der Waals surface area contributed by atoms with E-state index in [1.54, 1.807) is 19.9 Å². The van der Waals surface area contributed by atoms with Gasteiger partial charge >= 0.3 is 11.9 Å². The molecule has 0 bridgehead atoms. The topological polar surface area (TPSA) is 342 Å². The molecule has 0 unspecified atom stereocenters. The van der Waals surface area contributed by atoms with Crippen LogP contribution in [0.1, 0.15) is 107 Å². The van der Waals surface area contributed by atoms with E-state index in [2.05, 4.69) is 33.8 Å². The molecule has 416 valence electrons. The van der Waals surface area contributed by atoms with E-state index in [-0.39, 0.29) is 17.3 Å². The molecule has 0 aromatic heterocycles. The minimum atomic E-state index is -2.10. The molecule has 73 heavy (non-hydrogen) atoms. The fourth-order valence-electron chi connectivity index (χ4n) is 15.7. The predicted octanol–water partition coefficient (Wildman–Crippen LogP) is -0.225. The molecule has 12 N–H and O–H groups in total. The van der Waals surface area contributed by atoms with E-state index in [0.717, 1.165) is 5.57 Å². The van der Waals surface area contributed by atoms with Crippen LogP contribution in [0.5, 0.6) is 0 Å². The Kier molecular flexibility index (Phi) is 15.7. The number of fused-ring (bicyclic) bond motifs is 7. The van der Waals surface area contributed by atoms with Crippen LogP contribution in [0.3, 0.4) is 0 Å². The smallest absolute Gasteiger partial charge is 0.335 e. The molecule has 0 amide bonds. The van der Waals surface area contributed by atoms with Gasteiger partial charge < -0.3 is 94.4 Å². The van der Waals surface area contributed by atoms with Gasteiger partial charge in [-0.15, -0.1) is 0 Å². The minimum Gasteiger partial charge on any atom is -0.479 e. The van der Waals surface area contributed by atoms with Gasteiger partial charge in [0.2, 0.25) is 0 Å². The second kappa shape index (κ2) is 20.2. The average molecular weight is 1040 g/mol. The summed E-state index contributed by atoms with van der Waals surface area (Å²) >= 11 is 0. The molecule has 21 nitrogen and oxygen atoms in total. The lowest BCUT2D eigenvalue weighted by Crippen LogP contribution is -2.74. The second-order valence-electron chi connectivity index (χ2n) is 24.7. The molecule has 3 heterocycles. The summed E-state index contributed by atoms with van der Waals surface area (Å²) in [6.45, 7) is 16.3. The van der Waals surface area contributed by atoms with Crippen LogP contribution in [0.15, 0.2) is 23.3 Å². The van der Waals surface area contributed by atoms with E-state index >= 15 is 0 Å². The molecule has 0 radical (unpaired) electrons. The van der Waals surface area contributed by atoms with Gasteiger partial charge in [0.05, 0.1) is 43.5 Å². The number of allylic oxidation sites excluding steroid dienone is 2. The fourth-order valence-corrected chi connectivity index (χ4v) is 15.7. The number of aliphatic carboxylic acids is 1. The van der Waals surface area contributed by atoms with Crippen molar-refractivity contribution in [2.24, 2.45) is 50.2 Å². The number of ether oxygens (including phenoxy) is 7. The molecule has 3 saturated heterocycles. The van der Waals surface area contributed by atoms with E-state index in [0.29, 0.717) is 50.5 Å². The summed E-state index contributed by atoms with van der Waals surface area (Å²) in [7, 11) is 0. The van der Waals surface area contributed by atoms with Gasteiger partial charge in [-0.1, -0.05) is 66.2 Å². The molecule has 0 spiro atoms. The first-order chi connectivity index (χ1) is 34.0. The lowest BCUT2D eigenvalue weighted by Gasteiger charge is -2.73. The molecule has 21 heteroatoms. The third-order valence-corrected chi connectivity index (χ3v) is 20.1. The first-order valence-corrected chi connectivity index (χ1v) is 26.0. The summed E-state index contributed by atoms with van der Waals surface area (Å²) in [5.74, 6) is -2.76. The minimum absolute atomic E-state index is 0.0629. The Morgan fingerprint density at radius 2 is 1.38 bits per heavy atom. The van der Waals surface area contributed by atoms with Gasteiger partial charge in [0.1, 0.15) is 67.1 Å². The SMILES string of the molecule is C/C=C(\C)C(=O)O[C@H]1CC(C)(C)C[C@H]2C3=CC[C@@H]4[C@@]5(C)CC[C@H](O[C@@H]6O[C@H](C(=O)O)[C@@H](O)[C@H](O[C@@H]7OC[C@@H](O)[C@@H](O)[C@@H]7O)[C@H]6O[C@@H]6O[C@H](CO)[C@@H](O)[C@H](O)[C@H]6O)C(C)(C)[C@@H]5CC[C@@]4(C)[C@]3(C)[C@@H](O)[C@@H](O)[C@@]12CO. The molecular weight excluding hydrogens is 961 g/mol. The summed E-state index contributed by atoms with van der Waals surface area (Å²) < 4.78 is 42.5. The van der Waals surface area contributed by atoms with Crippen LogP contribution in [-0.4, -0.2) is 203 Å². The molecule has 5 aliphatic carbocycles. The highest BCUT2D eigenvalue weighted by Crippen LogP contribution is 2.76. The number of aliphatic hydroxyl groups is 11. The second-order valence-corrected chi connectivity index (χ2v) is 24.7. The Balaban J connectivity index is 1.12. The maximum absolute atomic E-state index is 13.4. The van der Waals surface area contributed by atoms with E-state index in [4.69, 9.17) is 33.2 Å². The van der Waals surface area contributed by atoms with Crippen LogP contribution in [0.4, 0.5) is 0 Å². The molecule has 0 aromatic rings. The Morgan fingerprint density at radius 1 is 0.726 bits per heavy atom. The number of rotatable bonds is 11. The third kappa shape index (κ3) is 8.89. The van der Waals surface area contributed by atoms with Gasteiger partial charge in [0.25, 0.3) is 0 Å². The van der Waals surface area contributed by atoms with Crippen molar-refractivity contribution in [3.05, 3.63) is 23.3 Å². The first-order valence-electron chi connectivity index (χ1n) is 26.0. The zero-order valence-electron chi connectivity index (χ0n) is 43.4. The molecule has 8 aliphatic rings. The molecule has 8 rings (SSSR count). The molecule has 0 aromatic carbocycles. The van der Waals surface area contributed by atoms with Gasteiger partial charge in [0, 0.05) is 11.0 Å². The van der Waals surface area contributed by atoms with E-state index in [1.807, 2.05) is 20.8 Å². The molecule has 3 aliphatic heterocycles. The normalized spacial score (nSPS) is 51.6. The van der Waals surface area contributed by atoms with Crippen molar-refractivity contribution in [1.82, 2.24) is 0 Å². The zero-order chi connectivity index (χ0) is 53.9. The monoisotopic (exact) mass is 1040 g/mol. The van der Waals surface area contributed by atoms with Crippen LogP contribution in [0.2, 0.25) is 0 Å². The zero-order valence-corrected chi connectivity index (χ0v) is 43.4. The Labute approximate surface area is 426 Å². The summed E-state index contributed by atoms with van der Waals surface area (Å²) in [6.07, 6.45) is -22.3. The number of hydrogen-bond donors (Lipinski definition) is 12. The van der Waals surface area contributed by atoms with Crippen molar-refractivity contribution in [2.45, 2.75) is 218 Å². The van der Waals surface area contributed by atoms with Crippen LogP contribution >= 0.6 is 0 Å². The number of hydrogen-bond acceptors (Lipinski definition) is 20. The van der Waals surface area contributed by atoms with Crippen molar-refractivity contribution >= 4 is 11.9 Å². The van der Waals surface area contributed by atoms with Gasteiger partial charge in [-0.2, -0.15) is 0 Å². The van der Waals surface area contributed by atoms with Gasteiger partial charge in [-0.3, -0.25) is 0 Å². The van der Waals surface area contributed by atoms with Crippen molar-refractivity contribution in [2.75, 3.05) is 19.8 Å². The Bertz CT molecular complexity index is 2100. The standard InChI is InChI=1S/C52H82O21/c1-10-22(2)43(66)69-30-18-47(3,4)17-24-23-11-12-28-49(7)15-14-29(48(5,6)27(49)13-16-50(28,8)51(23,9)40(62)41(63)52(24,30)21-54)70-46-39(73-45-35(60)33(58)32(57)26(19-53)68-45)37(36(61)38(72-46)42(64)65)71-44-34(59)31(56)25(55)20-67-44/h10-11,24-41,44-46,53-63H,12-21H2,1-9H3,(H,64,65)/b22-10+/t24-,25+,26+,27-,28+,29-,30-,31+,32+,33-,34-,35+,36-,37-,38-,39+,40-,41+,44-,45-,46+,49-,50+,51-,52+/m0/s1. The van der Waals surface area contributed by atoms with Gasteiger partial charge in [-0.25, -0.2) is 9.59 Å². The van der Waals surface area contributed by atoms with Crippen LogP contribution in [0, 0.1) is 50.2 Å². The summed E-state index contributed by atoms with van der Waals surface area (Å²) in [5.41, 5.74) is -3.15. The molecular formula is C52H82O21. The highest BCUT2D eigenvalue weighted by atomic mass is 16.8. The predicted molar refractivity (Wildman–Crippen MR) is 252 cm³/mol. The van der Waals surface area contributed by atoms with Gasteiger partial charge in [-0.05, 0) is 98.2 Å². The number of esters is 1.